The maximum atomic E-state index is 12.8. The highest BCUT2D eigenvalue weighted by Gasteiger charge is 2.33. The molecule has 0 saturated heterocycles. The molecule has 1 amide bonds. The van der Waals surface area contributed by atoms with Crippen LogP contribution in [-0.4, -0.2) is 23.0 Å². The number of methoxy groups -OCH3 is 1. The molecule has 2 aromatic heterocycles. The zero-order valence-corrected chi connectivity index (χ0v) is 18.4. The maximum absolute atomic E-state index is 12.8. The fourth-order valence-corrected chi connectivity index (χ4v) is 4.13. The Labute approximate surface area is 182 Å². The molecular formula is C22H24F3N3O2S. The highest BCUT2D eigenvalue weighted by Crippen LogP contribution is 2.42. The van der Waals surface area contributed by atoms with E-state index in [-0.39, 0.29) is 5.69 Å². The number of benzene rings is 1. The molecule has 0 spiro atoms. The minimum atomic E-state index is -4.62. The Morgan fingerprint density at radius 1 is 1.23 bits per heavy atom. The van der Waals surface area contributed by atoms with Crippen molar-refractivity contribution >= 4 is 33.1 Å². The Bertz CT molecular complexity index is 1060. The second kappa shape index (κ2) is 9.64. The van der Waals surface area contributed by atoms with E-state index >= 15 is 0 Å². The van der Waals surface area contributed by atoms with E-state index in [2.05, 4.69) is 29.1 Å². The van der Waals surface area contributed by atoms with Crippen LogP contribution in [0.4, 0.5) is 18.9 Å². The lowest BCUT2D eigenvalue weighted by Gasteiger charge is -2.22. The van der Waals surface area contributed by atoms with Gasteiger partial charge in [0.25, 0.3) is 5.91 Å². The first kappa shape index (κ1) is 23.0. The predicted octanol–water partition coefficient (Wildman–Crippen LogP) is 6.65. The van der Waals surface area contributed by atoms with E-state index in [9.17, 15) is 18.0 Å². The Morgan fingerprint density at radius 2 is 1.94 bits per heavy atom. The molecule has 1 aromatic carbocycles. The topological polar surface area (TPSA) is 64.1 Å². The standard InChI is InChI=1S/C19H16F3N3O2S.C3H8/c1-27-14-8-13-15(28-18(25-13)10-4-2-5-10)9-12(14)24-17(26)11-6-3-7-16(23-11)19(20,21)22;1-3-2/h3,6-10H,2,4-5H2,1H3,(H,24,26);3H2,1-2H3. The van der Waals surface area contributed by atoms with Crippen LogP contribution in [0.25, 0.3) is 10.2 Å². The number of aromatic nitrogens is 2. The second-order valence-corrected chi connectivity index (χ2v) is 8.33. The molecule has 0 aliphatic heterocycles. The van der Waals surface area contributed by atoms with Crippen molar-refractivity contribution in [2.45, 2.75) is 51.6 Å². The van der Waals surface area contributed by atoms with Crippen molar-refractivity contribution in [3.05, 3.63) is 46.7 Å². The largest absolute Gasteiger partial charge is 0.494 e. The third-order valence-corrected chi connectivity index (χ3v) is 5.88. The number of amides is 1. The second-order valence-electron chi connectivity index (χ2n) is 7.27. The highest BCUT2D eigenvalue weighted by atomic mass is 32.1. The first-order valence-electron chi connectivity index (χ1n) is 10.1. The molecular weight excluding hydrogens is 427 g/mol. The van der Waals surface area contributed by atoms with E-state index in [1.165, 1.54) is 26.0 Å². The summed E-state index contributed by atoms with van der Waals surface area (Å²) in [5, 5.41) is 3.66. The molecule has 1 fully saturated rings. The number of halogens is 3. The number of fused-ring (bicyclic) bond motifs is 1. The van der Waals surface area contributed by atoms with E-state index < -0.39 is 17.8 Å². The van der Waals surface area contributed by atoms with Gasteiger partial charge in [-0.1, -0.05) is 32.8 Å². The van der Waals surface area contributed by atoms with Crippen LogP contribution < -0.4 is 10.1 Å². The smallest absolute Gasteiger partial charge is 0.433 e. The molecule has 1 aliphatic carbocycles. The van der Waals surface area contributed by atoms with Gasteiger partial charge in [-0.15, -0.1) is 11.3 Å². The van der Waals surface area contributed by atoms with E-state index in [0.29, 0.717) is 17.4 Å². The Hall–Kier alpha value is -2.68. The van der Waals surface area contributed by atoms with E-state index in [0.717, 1.165) is 40.2 Å². The molecule has 4 rings (SSSR count). The summed E-state index contributed by atoms with van der Waals surface area (Å²) < 4.78 is 44.7. The zero-order valence-electron chi connectivity index (χ0n) is 17.5. The summed E-state index contributed by atoms with van der Waals surface area (Å²) in [4.78, 5) is 20.5. The molecule has 31 heavy (non-hydrogen) atoms. The van der Waals surface area contributed by atoms with Gasteiger partial charge in [-0.25, -0.2) is 9.97 Å². The summed E-state index contributed by atoms with van der Waals surface area (Å²) in [6.45, 7) is 4.25. The monoisotopic (exact) mass is 451 g/mol. The fraction of sp³-hybridized carbons (Fsp3) is 0.409. The van der Waals surface area contributed by atoms with Gasteiger partial charge in [-0.3, -0.25) is 4.79 Å². The SMILES string of the molecule is CCC.COc1cc2nc(C3CCC3)sc2cc1NC(=O)c1cccc(C(F)(F)F)n1. The summed E-state index contributed by atoms with van der Waals surface area (Å²) in [7, 11) is 1.46. The number of nitrogens with one attached hydrogen (secondary N) is 1. The van der Waals surface area contributed by atoms with Gasteiger partial charge in [0.2, 0.25) is 0 Å². The molecule has 166 valence electrons. The van der Waals surface area contributed by atoms with Crippen LogP contribution in [0, 0.1) is 0 Å². The number of hydrogen-bond acceptors (Lipinski definition) is 5. The molecule has 2 heterocycles. The highest BCUT2D eigenvalue weighted by molar-refractivity contribution is 7.18. The fourth-order valence-electron chi connectivity index (χ4n) is 2.97. The average molecular weight is 452 g/mol. The lowest BCUT2D eigenvalue weighted by atomic mass is 9.86. The van der Waals surface area contributed by atoms with E-state index in [4.69, 9.17) is 4.74 Å². The lowest BCUT2D eigenvalue weighted by Crippen LogP contribution is -2.17. The molecule has 3 aromatic rings. The average Bonchev–Trinajstić information content (AvgIpc) is 3.07. The van der Waals surface area contributed by atoms with Crippen molar-refractivity contribution in [3.63, 3.8) is 0 Å². The normalized spacial score (nSPS) is 13.9. The summed E-state index contributed by atoms with van der Waals surface area (Å²) in [5.41, 5.74) is -0.298. The number of anilines is 1. The van der Waals surface area contributed by atoms with Crippen LogP contribution in [0.3, 0.4) is 0 Å². The third-order valence-electron chi connectivity index (χ3n) is 4.70. The molecule has 1 saturated carbocycles. The van der Waals surface area contributed by atoms with E-state index in [1.807, 2.05) is 0 Å². The first-order chi connectivity index (χ1) is 14.8. The minimum Gasteiger partial charge on any atom is -0.494 e. The van der Waals surface area contributed by atoms with Crippen LogP contribution in [0.2, 0.25) is 0 Å². The molecule has 0 atom stereocenters. The van der Waals surface area contributed by atoms with Crippen LogP contribution in [0.15, 0.2) is 30.3 Å². The maximum Gasteiger partial charge on any atom is 0.433 e. The molecule has 1 N–H and O–H groups in total. The van der Waals surface area contributed by atoms with Gasteiger partial charge in [0.15, 0.2) is 0 Å². The van der Waals surface area contributed by atoms with Crippen LogP contribution in [0.1, 0.15) is 66.6 Å². The van der Waals surface area contributed by atoms with Gasteiger partial charge in [-0.05, 0) is 31.0 Å². The van der Waals surface area contributed by atoms with Gasteiger partial charge in [0, 0.05) is 12.0 Å². The Balaban J connectivity index is 0.000000858. The summed E-state index contributed by atoms with van der Waals surface area (Å²) in [6, 6.07) is 6.67. The molecule has 0 unspecified atom stereocenters. The number of pyridine rings is 1. The number of carbonyl (C=O) groups is 1. The number of carbonyl (C=O) groups excluding carboxylic acids is 1. The van der Waals surface area contributed by atoms with Crippen molar-refractivity contribution in [2.24, 2.45) is 0 Å². The Kier molecular flexibility index (Phi) is 7.15. The summed E-state index contributed by atoms with van der Waals surface area (Å²) in [5.74, 6) is 0.126. The van der Waals surface area contributed by atoms with Crippen molar-refractivity contribution in [2.75, 3.05) is 12.4 Å². The number of rotatable bonds is 4. The zero-order chi connectivity index (χ0) is 22.6. The van der Waals surface area contributed by atoms with Gasteiger partial charge in [-0.2, -0.15) is 13.2 Å². The van der Waals surface area contributed by atoms with Crippen molar-refractivity contribution in [1.82, 2.24) is 9.97 Å². The number of thiazole rings is 1. The third kappa shape index (κ3) is 5.33. The molecule has 5 nitrogen and oxygen atoms in total. The predicted molar refractivity (Wildman–Crippen MR) is 116 cm³/mol. The van der Waals surface area contributed by atoms with Crippen LogP contribution in [-0.2, 0) is 6.18 Å². The minimum absolute atomic E-state index is 0.323. The molecule has 0 radical (unpaired) electrons. The summed E-state index contributed by atoms with van der Waals surface area (Å²) in [6.07, 6.45) is 0.0895. The van der Waals surface area contributed by atoms with Crippen molar-refractivity contribution in [1.29, 1.82) is 0 Å². The molecule has 1 aliphatic rings. The Morgan fingerprint density at radius 3 is 2.52 bits per heavy atom. The lowest BCUT2D eigenvalue weighted by molar-refractivity contribution is -0.141. The van der Waals surface area contributed by atoms with Gasteiger partial charge in [0.05, 0.1) is 28.0 Å². The van der Waals surface area contributed by atoms with Crippen LogP contribution >= 0.6 is 11.3 Å². The van der Waals surface area contributed by atoms with Gasteiger partial charge < -0.3 is 10.1 Å². The van der Waals surface area contributed by atoms with Gasteiger partial charge >= 0.3 is 6.18 Å². The summed E-state index contributed by atoms with van der Waals surface area (Å²) >= 11 is 1.56. The molecule has 0 bridgehead atoms. The molecule has 9 heteroatoms. The number of ether oxygens (including phenoxy) is 1. The van der Waals surface area contributed by atoms with Crippen molar-refractivity contribution in [3.8, 4) is 5.75 Å². The quantitative estimate of drug-likeness (QED) is 0.482. The van der Waals surface area contributed by atoms with Gasteiger partial charge in [0.1, 0.15) is 17.1 Å². The number of alkyl halides is 3. The van der Waals surface area contributed by atoms with Crippen LogP contribution in [0.5, 0.6) is 5.75 Å². The number of hydrogen-bond donors (Lipinski definition) is 1. The number of nitrogens with zero attached hydrogens (tertiary/aromatic N) is 2. The van der Waals surface area contributed by atoms with Crippen molar-refractivity contribution < 1.29 is 22.7 Å². The first-order valence-corrected chi connectivity index (χ1v) is 10.9. The van der Waals surface area contributed by atoms with E-state index in [1.54, 1.807) is 23.5 Å².